The van der Waals surface area contributed by atoms with Crippen LogP contribution in [0.5, 0.6) is 0 Å². The average molecular weight is 565 g/mol. The Morgan fingerprint density at radius 1 is 1.39 bits per heavy atom. The molecule has 1 fully saturated rings. The van der Waals surface area contributed by atoms with Crippen LogP contribution in [-0.4, -0.2) is 66.6 Å². The fourth-order valence-corrected chi connectivity index (χ4v) is 3.95. The summed E-state index contributed by atoms with van der Waals surface area (Å²) in [7, 11) is 1.73. The molecule has 2 aromatic rings. The molecule has 1 aliphatic heterocycles. The summed E-state index contributed by atoms with van der Waals surface area (Å²) in [5.74, 6) is 0.379. The zero-order valence-corrected chi connectivity index (χ0v) is 21.0. The molecule has 0 spiro atoms. The van der Waals surface area contributed by atoms with E-state index in [0.29, 0.717) is 36.2 Å². The molecule has 7 nitrogen and oxygen atoms in total. The Labute approximate surface area is 205 Å². The summed E-state index contributed by atoms with van der Waals surface area (Å²) in [5.41, 5.74) is 0.509. The van der Waals surface area contributed by atoms with Crippen molar-refractivity contribution in [3.8, 4) is 0 Å². The van der Waals surface area contributed by atoms with E-state index in [1.807, 2.05) is 23.9 Å². The Bertz CT molecular complexity index is 802. The lowest BCUT2D eigenvalue weighted by Gasteiger charge is -2.38. The van der Waals surface area contributed by atoms with Gasteiger partial charge < -0.3 is 15.4 Å². The molecule has 10 heteroatoms. The molecule has 0 aliphatic carbocycles. The summed E-state index contributed by atoms with van der Waals surface area (Å²) in [6, 6.07) is 6.51. The summed E-state index contributed by atoms with van der Waals surface area (Å²) in [5, 5.41) is 11.3. The van der Waals surface area contributed by atoms with Crippen LogP contribution in [0, 0.1) is 5.82 Å². The van der Waals surface area contributed by atoms with Crippen LogP contribution in [-0.2, 0) is 11.3 Å². The van der Waals surface area contributed by atoms with Crippen molar-refractivity contribution in [2.75, 3.05) is 39.8 Å². The minimum Gasteiger partial charge on any atom is -0.376 e. The Morgan fingerprint density at radius 3 is 2.90 bits per heavy atom. The van der Waals surface area contributed by atoms with Crippen LogP contribution in [0.3, 0.4) is 0 Å². The summed E-state index contributed by atoms with van der Waals surface area (Å²) in [4.78, 5) is 6.51. The van der Waals surface area contributed by atoms with Gasteiger partial charge in [-0.15, -0.1) is 24.0 Å². The van der Waals surface area contributed by atoms with Gasteiger partial charge in [0, 0.05) is 62.8 Å². The third-order valence-corrected chi connectivity index (χ3v) is 5.48. The Morgan fingerprint density at radius 2 is 2.23 bits per heavy atom. The molecule has 1 aromatic heterocycles. The van der Waals surface area contributed by atoms with Gasteiger partial charge in [-0.25, -0.2) is 4.39 Å². The normalized spacial score (nSPS) is 18.3. The van der Waals surface area contributed by atoms with E-state index in [1.165, 1.54) is 6.07 Å². The van der Waals surface area contributed by atoms with Gasteiger partial charge in [0.1, 0.15) is 5.82 Å². The van der Waals surface area contributed by atoms with Crippen molar-refractivity contribution in [3.05, 3.63) is 53.1 Å². The van der Waals surface area contributed by atoms with E-state index >= 15 is 0 Å². The summed E-state index contributed by atoms with van der Waals surface area (Å²) >= 11 is 6.40. The first-order valence-corrected chi connectivity index (χ1v) is 10.7. The standard InChI is InChI=1S/C21H30ClFN6O.HI/c1-16-15-28(12-13-30-16)19(20-17(22)6-3-7-18(20)23)14-26-21(24-2)25-8-4-10-29-11-5-9-27-29;/h3,5-7,9,11,16,19H,4,8,10,12-15H2,1-2H3,(H2,24,25,26);1H. The number of hydrogen-bond donors (Lipinski definition) is 2. The Kier molecular flexibility index (Phi) is 11.0. The predicted molar refractivity (Wildman–Crippen MR) is 133 cm³/mol. The third kappa shape index (κ3) is 7.58. The van der Waals surface area contributed by atoms with E-state index in [2.05, 4.69) is 25.6 Å². The van der Waals surface area contributed by atoms with Crippen molar-refractivity contribution < 1.29 is 9.13 Å². The van der Waals surface area contributed by atoms with E-state index < -0.39 is 0 Å². The lowest BCUT2D eigenvalue weighted by Crippen LogP contribution is -2.48. The molecule has 1 aliphatic rings. The Balaban J connectivity index is 0.00000341. The summed E-state index contributed by atoms with van der Waals surface area (Å²) in [6.45, 7) is 6.13. The van der Waals surface area contributed by atoms with Gasteiger partial charge in [0.15, 0.2) is 5.96 Å². The van der Waals surface area contributed by atoms with E-state index in [0.717, 1.165) is 26.1 Å². The topological polar surface area (TPSA) is 66.7 Å². The van der Waals surface area contributed by atoms with Crippen molar-refractivity contribution in [1.29, 1.82) is 0 Å². The van der Waals surface area contributed by atoms with Gasteiger partial charge in [0.2, 0.25) is 0 Å². The lowest BCUT2D eigenvalue weighted by molar-refractivity contribution is -0.0343. The van der Waals surface area contributed by atoms with Crippen molar-refractivity contribution in [1.82, 2.24) is 25.3 Å². The molecule has 2 unspecified atom stereocenters. The number of morpholine rings is 1. The molecule has 2 N–H and O–H groups in total. The highest BCUT2D eigenvalue weighted by Gasteiger charge is 2.29. The fourth-order valence-electron chi connectivity index (χ4n) is 3.67. The average Bonchev–Trinajstić information content (AvgIpc) is 3.25. The second kappa shape index (κ2) is 13.2. The van der Waals surface area contributed by atoms with Gasteiger partial charge in [-0.1, -0.05) is 17.7 Å². The van der Waals surface area contributed by atoms with E-state index in [9.17, 15) is 4.39 Å². The number of halogens is 3. The summed E-state index contributed by atoms with van der Waals surface area (Å²) < 4.78 is 22.3. The van der Waals surface area contributed by atoms with E-state index in [4.69, 9.17) is 16.3 Å². The molecule has 172 valence electrons. The molecule has 3 rings (SSSR count). The highest BCUT2D eigenvalue weighted by atomic mass is 127. The molecule has 31 heavy (non-hydrogen) atoms. The fraction of sp³-hybridized carbons (Fsp3) is 0.524. The summed E-state index contributed by atoms with van der Waals surface area (Å²) in [6.07, 6.45) is 4.71. The van der Waals surface area contributed by atoms with Crippen molar-refractivity contribution >= 4 is 41.5 Å². The third-order valence-electron chi connectivity index (χ3n) is 5.15. The van der Waals surface area contributed by atoms with E-state index in [1.54, 1.807) is 25.4 Å². The zero-order valence-electron chi connectivity index (χ0n) is 17.9. The second-order valence-electron chi connectivity index (χ2n) is 7.33. The number of aliphatic imine (C=N–C) groups is 1. The largest absolute Gasteiger partial charge is 0.376 e. The SMILES string of the molecule is CN=C(NCCCn1cccn1)NCC(c1c(F)cccc1Cl)N1CCOC(C)C1.I. The number of guanidine groups is 1. The molecular formula is C21H31ClFIN6O. The molecule has 0 bridgehead atoms. The number of aryl methyl sites for hydroxylation is 1. The molecule has 0 amide bonds. The van der Waals surface area contributed by atoms with Crippen LogP contribution in [0.25, 0.3) is 0 Å². The minimum atomic E-state index is -0.296. The number of nitrogens with zero attached hydrogens (tertiary/aromatic N) is 4. The molecule has 2 heterocycles. The van der Waals surface area contributed by atoms with Crippen molar-refractivity contribution in [2.24, 2.45) is 4.99 Å². The smallest absolute Gasteiger partial charge is 0.191 e. The Hall–Kier alpha value is -1.43. The first kappa shape index (κ1) is 25.8. The predicted octanol–water partition coefficient (Wildman–Crippen LogP) is 3.31. The minimum absolute atomic E-state index is 0. The number of ether oxygens (including phenoxy) is 1. The van der Waals surface area contributed by atoms with Gasteiger partial charge >= 0.3 is 0 Å². The van der Waals surface area contributed by atoms with Gasteiger partial charge in [-0.3, -0.25) is 14.6 Å². The quantitative estimate of drug-likeness (QED) is 0.223. The van der Waals surface area contributed by atoms with Crippen molar-refractivity contribution in [2.45, 2.75) is 32.0 Å². The van der Waals surface area contributed by atoms with Gasteiger partial charge in [0.05, 0.1) is 18.8 Å². The molecule has 2 atom stereocenters. The first-order chi connectivity index (χ1) is 14.6. The van der Waals surface area contributed by atoms with Crippen molar-refractivity contribution in [3.63, 3.8) is 0 Å². The highest BCUT2D eigenvalue weighted by Crippen LogP contribution is 2.31. The number of nitrogens with one attached hydrogen (secondary N) is 2. The first-order valence-electron chi connectivity index (χ1n) is 10.3. The maximum Gasteiger partial charge on any atom is 0.191 e. The maximum absolute atomic E-state index is 14.7. The van der Waals surface area contributed by atoms with Crippen LogP contribution >= 0.6 is 35.6 Å². The number of rotatable bonds is 8. The molecule has 0 radical (unpaired) electrons. The van der Waals surface area contributed by atoms with Gasteiger partial charge in [-0.05, 0) is 31.5 Å². The lowest BCUT2D eigenvalue weighted by atomic mass is 10.0. The zero-order chi connectivity index (χ0) is 21.3. The monoisotopic (exact) mass is 564 g/mol. The van der Waals surface area contributed by atoms with Gasteiger partial charge in [-0.2, -0.15) is 5.10 Å². The molecule has 0 saturated carbocycles. The van der Waals surface area contributed by atoms with Gasteiger partial charge in [0.25, 0.3) is 0 Å². The van der Waals surface area contributed by atoms with Crippen LogP contribution in [0.15, 0.2) is 41.7 Å². The van der Waals surface area contributed by atoms with Crippen LogP contribution < -0.4 is 10.6 Å². The molecule has 1 saturated heterocycles. The molecular weight excluding hydrogens is 534 g/mol. The van der Waals surface area contributed by atoms with Crippen LogP contribution in [0.1, 0.15) is 24.9 Å². The highest BCUT2D eigenvalue weighted by molar-refractivity contribution is 14.0. The number of aromatic nitrogens is 2. The van der Waals surface area contributed by atoms with Crippen LogP contribution in [0.4, 0.5) is 4.39 Å². The van der Waals surface area contributed by atoms with E-state index in [-0.39, 0.29) is 41.9 Å². The maximum atomic E-state index is 14.7. The number of benzene rings is 1. The molecule has 1 aromatic carbocycles. The second-order valence-corrected chi connectivity index (χ2v) is 7.74. The van der Waals surface area contributed by atoms with Crippen LogP contribution in [0.2, 0.25) is 5.02 Å². The number of hydrogen-bond acceptors (Lipinski definition) is 4.